The summed E-state index contributed by atoms with van der Waals surface area (Å²) < 4.78 is 7.58. The maximum absolute atomic E-state index is 5.73. The molecule has 0 unspecified atom stereocenters. The Bertz CT molecular complexity index is 483. The van der Waals surface area contributed by atoms with E-state index < -0.39 is 0 Å². The number of hydrogen-bond acceptors (Lipinski definition) is 3. The summed E-state index contributed by atoms with van der Waals surface area (Å²) in [6.07, 6.45) is 8.70. The van der Waals surface area contributed by atoms with Crippen molar-refractivity contribution < 1.29 is 4.74 Å². The van der Waals surface area contributed by atoms with Crippen LogP contribution in [0.4, 0.5) is 0 Å². The molecule has 138 valence electrons. The Kier molecular flexibility index (Phi) is 10.3. The summed E-state index contributed by atoms with van der Waals surface area (Å²) in [6, 6.07) is 0. The summed E-state index contributed by atoms with van der Waals surface area (Å²) in [5, 5.41) is 7.62. The highest BCUT2D eigenvalue weighted by Crippen LogP contribution is 2.13. The number of nitrogens with one attached hydrogen (secondary N) is 1. The van der Waals surface area contributed by atoms with E-state index in [9.17, 15) is 0 Å². The molecule has 7 heteroatoms. The zero-order chi connectivity index (χ0) is 16.5. The smallest absolute Gasteiger partial charge is 0.193 e. The number of aliphatic imine (C=N–C) groups is 1. The fourth-order valence-corrected chi connectivity index (χ4v) is 2.96. The molecule has 0 aromatic carbocycles. The van der Waals surface area contributed by atoms with E-state index in [0.717, 1.165) is 64.4 Å². The highest BCUT2D eigenvalue weighted by atomic mass is 127. The van der Waals surface area contributed by atoms with Crippen LogP contribution in [0.15, 0.2) is 17.4 Å². The molecule has 1 saturated heterocycles. The fraction of sp³-hybridized carbons (Fsp3) is 0.765. The second-order valence-electron chi connectivity index (χ2n) is 6.00. The van der Waals surface area contributed by atoms with Gasteiger partial charge in [-0.3, -0.25) is 9.67 Å². The Morgan fingerprint density at radius 2 is 2.12 bits per heavy atom. The fourth-order valence-electron chi connectivity index (χ4n) is 2.96. The maximum Gasteiger partial charge on any atom is 0.193 e. The van der Waals surface area contributed by atoms with Crippen LogP contribution in [0.2, 0.25) is 0 Å². The number of aromatic nitrogens is 2. The number of ether oxygens (including phenoxy) is 1. The molecule has 0 amide bonds. The largest absolute Gasteiger partial charge is 0.378 e. The number of nitrogens with zero attached hydrogens (tertiary/aromatic N) is 4. The van der Waals surface area contributed by atoms with Gasteiger partial charge in [-0.25, -0.2) is 0 Å². The van der Waals surface area contributed by atoms with Gasteiger partial charge in [0.25, 0.3) is 0 Å². The summed E-state index contributed by atoms with van der Waals surface area (Å²) in [5.74, 6) is 1.05. The molecule has 24 heavy (non-hydrogen) atoms. The number of halogens is 1. The predicted octanol–water partition coefficient (Wildman–Crippen LogP) is 2.44. The topological polar surface area (TPSA) is 54.7 Å². The summed E-state index contributed by atoms with van der Waals surface area (Å²) in [6.45, 7) is 8.82. The minimum absolute atomic E-state index is 0. The molecule has 0 aliphatic carbocycles. The molecular formula is C17H32IN5O. The lowest BCUT2D eigenvalue weighted by Crippen LogP contribution is -2.47. The molecule has 0 radical (unpaired) electrons. The summed E-state index contributed by atoms with van der Waals surface area (Å²) in [7, 11) is 1.96. The van der Waals surface area contributed by atoms with Crippen molar-refractivity contribution in [3.8, 4) is 0 Å². The third-order valence-electron chi connectivity index (χ3n) is 4.12. The van der Waals surface area contributed by atoms with Gasteiger partial charge in [0.2, 0.25) is 0 Å². The molecular weight excluding hydrogens is 417 g/mol. The highest BCUT2D eigenvalue weighted by Gasteiger charge is 2.21. The molecule has 2 rings (SSSR count). The van der Waals surface area contributed by atoms with Crippen LogP contribution in [0.1, 0.15) is 38.7 Å². The van der Waals surface area contributed by atoms with Gasteiger partial charge < -0.3 is 15.0 Å². The van der Waals surface area contributed by atoms with Gasteiger partial charge in [0, 0.05) is 46.0 Å². The van der Waals surface area contributed by atoms with E-state index in [4.69, 9.17) is 9.73 Å². The van der Waals surface area contributed by atoms with E-state index in [-0.39, 0.29) is 24.0 Å². The first-order valence-electron chi connectivity index (χ1n) is 8.85. The van der Waals surface area contributed by atoms with E-state index in [0.29, 0.717) is 6.10 Å². The van der Waals surface area contributed by atoms with Crippen molar-refractivity contribution in [2.75, 3.05) is 32.8 Å². The van der Waals surface area contributed by atoms with Crippen LogP contribution in [0.5, 0.6) is 0 Å². The molecule has 1 aliphatic heterocycles. The zero-order valence-corrected chi connectivity index (χ0v) is 17.5. The Morgan fingerprint density at radius 1 is 1.38 bits per heavy atom. The SMILES string of the molecule is CCNC(=NCCCc1cnn(C)c1)N1CCC(OCC)CC1.I. The average molecular weight is 449 g/mol. The van der Waals surface area contributed by atoms with Gasteiger partial charge in [0.15, 0.2) is 5.96 Å². The average Bonchev–Trinajstić information content (AvgIpc) is 2.97. The number of aryl methyl sites for hydroxylation is 2. The van der Waals surface area contributed by atoms with Crippen molar-refractivity contribution in [3.63, 3.8) is 0 Å². The first kappa shape index (κ1) is 21.2. The summed E-state index contributed by atoms with van der Waals surface area (Å²) in [4.78, 5) is 7.16. The minimum atomic E-state index is 0. The molecule has 0 bridgehead atoms. The molecule has 1 N–H and O–H groups in total. The zero-order valence-electron chi connectivity index (χ0n) is 15.2. The van der Waals surface area contributed by atoms with E-state index in [1.165, 1.54) is 5.56 Å². The Hall–Kier alpha value is -0.830. The van der Waals surface area contributed by atoms with Gasteiger partial charge in [-0.2, -0.15) is 5.10 Å². The van der Waals surface area contributed by atoms with Crippen molar-refractivity contribution in [3.05, 3.63) is 18.0 Å². The maximum atomic E-state index is 5.73. The lowest BCUT2D eigenvalue weighted by Gasteiger charge is -2.34. The van der Waals surface area contributed by atoms with Crippen LogP contribution in [-0.2, 0) is 18.2 Å². The third kappa shape index (κ3) is 6.96. The molecule has 2 heterocycles. The number of piperidine rings is 1. The minimum Gasteiger partial charge on any atom is -0.378 e. The van der Waals surface area contributed by atoms with Crippen molar-refractivity contribution in [1.82, 2.24) is 20.0 Å². The van der Waals surface area contributed by atoms with Crippen molar-refractivity contribution in [1.29, 1.82) is 0 Å². The molecule has 1 aromatic rings. The first-order chi connectivity index (χ1) is 11.2. The monoisotopic (exact) mass is 449 g/mol. The first-order valence-corrected chi connectivity index (χ1v) is 8.85. The van der Waals surface area contributed by atoms with Crippen molar-refractivity contribution in [2.24, 2.45) is 12.0 Å². The van der Waals surface area contributed by atoms with Crippen LogP contribution in [0.25, 0.3) is 0 Å². The second kappa shape index (κ2) is 11.7. The summed E-state index contributed by atoms with van der Waals surface area (Å²) >= 11 is 0. The summed E-state index contributed by atoms with van der Waals surface area (Å²) in [5.41, 5.74) is 1.28. The molecule has 1 aromatic heterocycles. The van der Waals surface area contributed by atoms with E-state index >= 15 is 0 Å². The van der Waals surface area contributed by atoms with Crippen LogP contribution < -0.4 is 5.32 Å². The van der Waals surface area contributed by atoms with Crippen molar-refractivity contribution >= 4 is 29.9 Å². The van der Waals surface area contributed by atoms with Gasteiger partial charge in [0.1, 0.15) is 0 Å². The lowest BCUT2D eigenvalue weighted by atomic mass is 10.1. The second-order valence-corrected chi connectivity index (χ2v) is 6.00. The van der Waals surface area contributed by atoms with Gasteiger partial charge in [0.05, 0.1) is 12.3 Å². The van der Waals surface area contributed by atoms with Crippen molar-refractivity contribution in [2.45, 2.75) is 45.6 Å². The normalized spacial score (nSPS) is 16.1. The number of likely N-dealkylation sites (tertiary alicyclic amines) is 1. The van der Waals surface area contributed by atoms with Crippen LogP contribution in [0.3, 0.4) is 0 Å². The number of hydrogen-bond donors (Lipinski definition) is 1. The van der Waals surface area contributed by atoms with Gasteiger partial charge >= 0.3 is 0 Å². The lowest BCUT2D eigenvalue weighted by molar-refractivity contribution is 0.0264. The Morgan fingerprint density at radius 3 is 2.71 bits per heavy atom. The van der Waals surface area contributed by atoms with Gasteiger partial charge in [-0.15, -0.1) is 24.0 Å². The number of rotatable bonds is 7. The van der Waals surface area contributed by atoms with Crippen LogP contribution in [-0.4, -0.2) is 59.5 Å². The molecule has 0 saturated carbocycles. The molecule has 1 fully saturated rings. The van der Waals surface area contributed by atoms with Crippen LogP contribution in [0, 0.1) is 0 Å². The quantitative estimate of drug-likeness (QED) is 0.301. The van der Waals surface area contributed by atoms with E-state index in [1.807, 2.05) is 17.9 Å². The Labute approximate surface area is 163 Å². The van der Waals surface area contributed by atoms with E-state index in [2.05, 4.69) is 35.4 Å². The molecule has 6 nitrogen and oxygen atoms in total. The third-order valence-corrected chi connectivity index (χ3v) is 4.12. The van der Waals surface area contributed by atoms with Crippen LogP contribution >= 0.6 is 24.0 Å². The van der Waals surface area contributed by atoms with Gasteiger partial charge in [-0.1, -0.05) is 0 Å². The number of guanidine groups is 1. The Balaban J connectivity index is 0.00000288. The predicted molar refractivity (Wildman–Crippen MR) is 109 cm³/mol. The standard InChI is InChI=1S/C17H31N5O.HI/c1-4-18-17(22-11-8-16(9-12-22)23-5-2)19-10-6-7-15-13-20-21(3)14-15;/h13-14,16H,4-12H2,1-3H3,(H,18,19);1H. The molecule has 1 aliphatic rings. The molecule has 0 atom stereocenters. The van der Waals surface area contributed by atoms with E-state index in [1.54, 1.807) is 0 Å². The van der Waals surface area contributed by atoms with Gasteiger partial charge in [-0.05, 0) is 45.1 Å². The highest BCUT2D eigenvalue weighted by molar-refractivity contribution is 14.0. The molecule has 0 spiro atoms.